The Morgan fingerprint density at radius 2 is 2.09 bits per heavy atom. The van der Waals surface area contributed by atoms with Gasteiger partial charge < -0.3 is 10.1 Å². The summed E-state index contributed by atoms with van der Waals surface area (Å²) in [7, 11) is 0. The molecule has 2 rings (SSSR count). The second-order valence-electron chi connectivity index (χ2n) is 6.31. The zero-order valence-electron chi connectivity index (χ0n) is 14.2. The van der Waals surface area contributed by atoms with Crippen LogP contribution in [0.15, 0.2) is 6.07 Å². The summed E-state index contributed by atoms with van der Waals surface area (Å²) in [6.45, 7) is 12.6. The van der Waals surface area contributed by atoms with Gasteiger partial charge in [0.05, 0.1) is 18.9 Å². The predicted octanol–water partition coefficient (Wildman–Crippen LogP) is 1.12. The monoisotopic (exact) mass is 308 g/mol. The highest BCUT2D eigenvalue weighted by Crippen LogP contribution is 2.19. The molecule has 2 heterocycles. The van der Waals surface area contributed by atoms with Crippen molar-refractivity contribution in [2.75, 3.05) is 32.8 Å². The number of aryl methyl sites for hydroxylation is 2. The maximum atomic E-state index is 12.2. The van der Waals surface area contributed by atoms with Crippen molar-refractivity contribution in [2.24, 2.45) is 0 Å². The average Bonchev–Trinajstić information content (AvgIpc) is 2.83. The fraction of sp³-hybridized carbons (Fsp3) is 0.750. The number of hydrogen-bond donors (Lipinski definition) is 1. The molecule has 1 aliphatic heterocycles. The molecule has 0 bridgehead atoms. The summed E-state index contributed by atoms with van der Waals surface area (Å²) in [6.07, 6.45) is 0.993. The van der Waals surface area contributed by atoms with Gasteiger partial charge in [-0.1, -0.05) is 6.92 Å². The van der Waals surface area contributed by atoms with Crippen molar-refractivity contribution in [1.29, 1.82) is 0 Å². The molecule has 1 fully saturated rings. The molecule has 6 heteroatoms. The van der Waals surface area contributed by atoms with Gasteiger partial charge in [-0.15, -0.1) is 0 Å². The third-order valence-corrected chi connectivity index (χ3v) is 4.60. The van der Waals surface area contributed by atoms with Gasteiger partial charge in [0, 0.05) is 30.9 Å². The SMILES string of the molecule is CCC(C)(CNC(=O)Cn1nc(C)cc1C)N1CCOCC1. The lowest BCUT2D eigenvalue weighted by Gasteiger charge is -2.43. The number of nitrogens with one attached hydrogen (secondary N) is 1. The molecule has 22 heavy (non-hydrogen) atoms. The number of rotatable bonds is 6. The molecule has 0 aliphatic carbocycles. The minimum absolute atomic E-state index is 0.0131. The molecule has 0 saturated carbocycles. The first kappa shape index (κ1) is 17.0. The first-order chi connectivity index (χ1) is 10.4. The number of carbonyl (C=O) groups is 1. The molecule has 0 radical (unpaired) electrons. The number of carbonyl (C=O) groups excluding carboxylic acids is 1. The van der Waals surface area contributed by atoms with E-state index in [1.54, 1.807) is 4.68 Å². The van der Waals surface area contributed by atoms with E-state index in [1.807, 2.05) is 19.9 Å². The largest absolute Gasteiger partial charge is 0.379 e. The number of nitrogens with zero attached hydrogens (tertiary/aromatic N) is 3. The topological polar surface area (TPSA) is 59.4 Å². The normalized spacial score (nSPS) is 18.9. The molecule has 0 aromatic carbocycles. The van der Waals surface area contributed by atoms with Crippen molar-refractivity contribution in [3.63, 3.8) is 0 Å². The smallest absolute Gasteiger partial charge is 0.241 e. The van der Waals surface area contributed by atoms with Crippen molar-refractivity contribution in [3.8, 4) is 0 Å². The maximum absolute atomic E-state index is 12.2. The van der Waals surface area contributed by atoms with E-state index in [-0.39, 0.29) is 18.0 Å². The van der Waals surface area contributed by atoms with Gasteiger partial charge >= 0.3 is 0 Å². The van der Waals surface area contributed by atoms with E-state index >= 15 is 0 Å². The maximum Gasteiger partial charge on any atom is 0.241 e. The number of amides is 1. The fourth-order valence-electron chi connectivity index (χ4n) is 2.88. The van der Waals surface area contributed by atoms with Crippen LogP contribution in [-0.4, -0.2) is 59.0 Å². The Bertz CT molecular complexity index is 508. The molecule has 1 aliphatic rings. The van der Waals surface area contributed by atoms with Crippen molar-refractivity contribution in [2.45, 2.75) is 46.2 Å². The number of aromatic nitrogens is 2. The van der Waals surface area contributed by atoms with Gasteiger partial charge in [0.15, 0.2) is 0 Å². The van der Waals surface area contributed by atoms with Crippen LogP contribution in [0.5, 0.6) is 0 Å². The second-order valence-corrected chi connectivity index (χ2v) is 6.31. The van der Waals surface area contributed by atoms with E-state index in [2.05, 4.69) is 29.2 Å². The minimum atomic E-state index is -0.0193. The average molecular weight is 308 g/mol. The van der Waals surface area contributed by atoms with E-state index in [9.17, 15) is 4.79 Å². The van der Waals surface area contributed by atoms with Crippen LogP contribution in [0, 0.1) is 13.8 Å². The Labute approximate surface area is 132 Å². The lowest BCUT2D eigenvalue weighted by atomic mass is 9.95. The molecular weight excluding hydrogens is 280 g/mol. The molecule has 1 aromatic heterocycles. The molecule has 0 spiro atoms. The lowest BCUT2D eigenvalue weighted by Crippen LogP contribution is -2.57. The molecule has 124 valence electrons. The molecule has 6 nitrogen and oxygen atoms in total. The number of morpholine rings is 1. The van der Waals surface area contributed by atoms with Gasteiger partial charge in [0.1, 0.15) is 6.54 Å². The zero-order valence-corrected chi connectivity index (χ0v) is 14.2. The zero-order chi connectivity index (χ0) is 16.2. The van der Waals surface area contributed by atoms with Crippen molar-refractivity contribution < 1.29 is 9.53 Å². The Kier molecular flexibility index (Phi) is 5.58. The van der Waals surface area contributed by atoms with Gasteiger partial charge in [0.2, 0.25) is 5.91 Å². The van der Waals surface area contributed by atoms with E-state index in [1.165, 1.54) is 0 Å². The van der Waals surface area contributed by atoms with Crippen LogP contribution in [0.3, 0.4) is 0 Å². The summed E-state index contributed by atoms with van der Waals surface area (Å²) in [5, 5.41) is 7.41. The molecule has 1 unspecified atom stereocenters. The van der Waals surface area contributed by atoms with Crippen LogP contribution < -0.4 is 5.32 Å². The molecule has 1 atom stereocenters. The van der Waals surface area contributed by atoms with Crippen LogP contribution in [0.4, 0.5) is 0 Å². The highest BCUT2D eigenvalue weighted by atomic mass is 16.5. The first-order valence-electron chi connectivity index (χ1n) is 8.05. The van der Waals surface area contributed by atoms with Gasteiger partial charge in [-0.2, -0.15) is 5.10 Å². The molecule has 1 saturated heterocycles. The van der Waals surface area contributed by atoms with Crippen LogP contribution >= 0.6 is 0 Å². The lowest BCUT2D eigenvalue weighted by molar-refractivity contribution is -0.122. The third kappa shape index (κ3) is 4.08. The summed E-state index contributed by atoms with van der Waals surface area (Å²) in [5.74, 6) is 0.0131. The minimum Gasteiger partial charge on any atom is -0.379 e. The molecule has 1 N–H and O–H groups in total. The van der Waals surface area contributed by atoms with Crippen LogP contribution in [0.25, 0.3) is 0 Å². The van der Waals surface area contributed by atoms with E-state index in [0.717, 1.165) is 44.1 Å². The van der Waals surface area contributed by atoms with Gasteiger partial charge in [-0.25, -0.2) is 0 Å². The summed E-state index contributed by atoms with van der Waals surface area (Å²) < 4.78 is 7.17. The van der Waals surface area contributed by atoms with E-state index < -0.39 is 0 Å². The van der Waals surface area contributed by atoms with Gasteiger partial charge in [0.25, 0.3) is 0 Å². The highest BCUT2D eigenvalue weighted by Gasteiger charge is 2.31. The van der Waals surface area contributed by atoms with Crippen molar-refractivity contribution in [3.05, 3.63) is 17.5 Å². The third-order valence-electron chi connectivity index (χ3n) is 4.60. The summed E-state index contributed by atoms with van der Waals surface area (Å²) >= 11 is 0. The van der Waals surface area contributed by atoms with Crippen molar-refractivity contribution >= 4 is 5.91 Å². The Morgan fingerprint density at radius 3 is 2.64 bits per heavy atom. The Balaban J connectivity index is 1.89. The van der Waals surface area contributed by atoms with E-state index in [0.29, 0.717) is 6.54 Å². The fourth-order valence-corrected chi connectivity index (χ4v) is 2.88. The Morgan fingerprint density at radius 1 is 1.41 bits per heavy atom. The van der Waals surface area contributed by atoms with Crippen LogP contribution in [0.2, 0.25) is 0 Å². The highest BCUT2D eigenvalue weighted by molar-refractivity contribution is 5.75. The van der Waals surface area contributed by atoms with Crippen molar-refractivity contribution in [1.82, 2.24) is 20.0 Å². The first-order valence-corrected chi connectivity index (χ1v) is 8.05. The van der Waals surface area contributed by atoms with Crippen LogP contribution in [0.1, 0.15) is 31.7 Å². The predicted molar refractivity (Wildman–Crippen MR) is 85.8 cm³/mol. The standard InChI is InChI=1S/C16H28N4O2/c1-5-16(4,19-6-8-22-9-7-19)12-17-15(21)11-20-14(3)10-13(2)18-20/h10H,5-9,11-12H2,1-4H3,(H,17,21). The summed E-state index contributed by atoms with van der Waals surface area (Å²) in [4.78, 5) is 14.6. The quantitative estimate of drug-likeness (QED) is 0.855. The van der Waals surface area contributed by atoms with E-state index in [4.69, 9.17) is 4.74 Å². The summed E-state index contributed by atoms with van der Waals surface area (Å²) in [6, 6.07) is 1.98. The second kappa shape index (κ2) is 7.24. The molecule has 1 aromatic rings. The van der Waals surface area contributed by atoms with Gasteiger partial charge in [-0.3, -0.25) is 14.4 Å². The van der Waals surface area contributed by atoms with Crippen LogP contribution in [-0.2, 0) is 16.1 Å². The summed E-state index contributed by atoms with van der Waals surface area (Å²) in [5.41, 5.74) is 1.94. The number of hydrogen-bond acceptors (Lipinski definition) is 4. The molecular formula is C16H28N4O2. The Hall–Kier alpha value is -1.40. The number of ether oxygens (including phenoxy) is 1. The molecule has 1 amide bonds. The van der Waals surface area contributed by atoms with Gasteiger partial charge in [-0.05, 0) is 33.3 Å².